The van der Waals surface area contributed by atoms with Gasteiger partial charge in [-0.05, 0) is 55.2 Å². The first-order valence-corrected chi connectivity index (χ1v) is 8.48. The van der Waals surface area contributed by atoms with E-state index in [-0.39, 0.29) is 5.91 Å². The summed E-state index contributed by atoms with van der Waals surface area (Å²) in [5, 5.41) is 1.76. The SMILES string of the molecule is Cc1cc(Cl)cc2c1N(C(=O)c1ccc3ccccc3n1)CCC2. The molecule has 0 bridgehead atoms. The summed E-state index contributed by atoms with van der Waals surface area (Å²) < 4.78 is 0. The van der Waals surface area contributed by atoms with E-state index in [2.05, 4.69) is 4.98 Å². The number of nitrogens with zero attached hydrogens (tertiary/aromatic N) is 2. The van der Waals surface area contributed by atoms with Gasteiger partial charge < -0.3 is 4.90 Å². The summed E-state index contributed by atoms with van der Waals surface area (Å²) in [6.45, 7) is 2.72. The van der Waals surface area contributed by atoms with Gasteiger partial charge in [0.1, 0.15) is 5.69 Å². The first kappa shape index (κ1) is 15.2. The van der Waals surface area contributed by atoms with Gasteiger partial charge >= 0.3 is 0 Å². The number of aromatic nitrogens is 1. The Kier molecular flexibility index (Phi) is 3.73. The highest BCUT2D eigenvalue weighted by molar-refractivity contribution is 6.31. The number of rotatable bonds is 1. The Morgan fingerprint density at radius 1 is 1.17 bits per heavy atom. The third-order valence-electron chi connectivity index (χ3n) is 4.50. The number of carbonyl (C=O) groups excluding carboxylic acids is 1. The largest absolute Gasteiger partial charge is 0.306 e. The van der Waals surface area contributed by atoms with Gasteiger partial charge in [0.2, 0.25) is 0 Å². The average Bonchev–Trinajstić information content (AvgIpc) is 2.60. The fourth-order valence-corrected chi connectivity index (χ4v) is 3.74. The van der Waals surface area contributed by atoms with Crippen LogP contribution in [0.2, 0.25) is 5.02 Å². The fraction of sp³-hybridized carbons (Fsp3) is 0.200. The number of fused-ring (bicyclic) bond motifs is 2. The second-order valence-corrected chi connectivity index (χ2v) is 6.62. The molecule has 1 aliphatic rings. The van der Waals surface area contributed by atoms with Gasteiger partial charge in [-0.2, -0.15) is 0 Å². The number of amides is 1. The number of aryl methyl sites for hydroxylation is 2. The molecule has 1 amide bonds. The molecular weight excluding hydrogens is 320 g/mol. The Balaban J connectivity index is 1.78. The highest BCUT2D eigenvalue weighted by atomic mass is 35.5. The van der Waals surface area contributed by atoms with Crippen molar-refractivity contribution in [1.29, 1.82) is 0 Å². The van der Waals surface area contributed by atoms with Crippen molar-refractivity contribution < 1.29 is 4.79 Å². The van der Waals surface area contributed by atoms with Gasteiger partial charge in [-0.25, -0.2) is 4.98 Å². The third kappa shape index (κ3) is 2.55. The van der Waals surface area contributed by atoms with E-state index >= 15 is 0 Å². The van der Waals surface area contributed by atoms with E-state index in [4.69, 9.17) is 11.6 Å². The van der Waals surface area contributed by atoms with Crippen LogP contribution in [0.4, 0.5) is 5.69 Å². The number of hydrogen-bond donors (Lipinski definition) is 0. The van der Waals surface area contributed by atoms with Crippen molar-refractivity contribution in [1.82, 2.24) is 4.98 Å². The van der Waals surface area contributed by atoms with Gasteiger partial charge in [-0.15, -0.1) is 0 Å². The zero-order valence-electron chi connectivity index (χ0n) is 13.4. The van der Waals surface area contributed by atoms with Crippen molar-refractivity contribution in [2.24, 2.45) is 0 Å². The maximum absolute atomic E-state index is 13.1. The number of carbonyl (C=O) groups is 1. The maximum Gasteiger partial charge on any atom is 0.276 e. The Hall–Kier alpha value is -2.39. The molecule has 0 aliphatic carbocycles. The minimum atomic E-state index is -0.0490. The highest BCUT2D eigenvalue weighted by Crippen LogP contribution is 2.34. The molecular formula is C20H17ClN2O. The second-order valence-electron chi connectivity index (χ2n) is 6.18. The predicted molar refractivity (Wildman–Crippen MR) is 97.9 cm³/mol. The van der Waals surface area contributed by atoms with Crippen molar-refractivity contribution in [2.75, 3.05) is 11.4 Å². The maximum atomic E-state index is 13.1. The number of benzene rings is 2. The lowest BCUT2D eigenvalue weighted by Gasteiger charge is -2.31. The van der Waals surface area contributed by atoms with Crippen molar-refractivity contribution in [3.63, 3.8) is 0 Å². The van der Waals surface area contributed by atoms with Crippen LogP contribution in [0.3, 0.4) is 0 Å². The van der Waals surface area contributed by atoms with Gasteiger partial charge in [0.15, 0.2) is 0 Å². The first-order chi connectivity index (χ1) is 11.6. The van der Waals surface area contributed by atoms with Crippen LogP contribution in [0.1, 0.15) is 28.0 Å². The number of halogens is 1. The van der Waals surface area contributed by atoms with Crippen LogP contribution in [0.15, 0.2) is 48.5 Å². The van der Waals surface area contributed by atoms with E-state index in [1.165, 1.54) is 0 Å². The predicted octanol–water partition coefficient (Wildman–Crippen LogP) is 4.79. The van der Waals surface area contributed by atoms with E-state index in [9.17, 15) is 4.79 Å². The molecule has 2 heterocycles. The molecule has 1 aromatic heterocycles. The normalized spacial score (nSPS) is 13.8. The van der Waals surface area contributed by atoms with Gasteiger partial charge in [0.25, 0.3) is 5.91 Å². The van der Waals surface area contributed by atoms with Crippen LogP contribution < -0.4 is 4.90 Å². The number of hydrogen-bond acceptors (Lipinski definition) is 2. The van der Waals surface area contributed by atoms with Gasteiger partial charge in [-0.3, -0.25) is 4.79 Å². The molecule has 3 nitrogen and oxygen atoms in total. The number of para-hydroxylation sites is 1. The van der Waals surface area contributed by atoms with Crippen molar-refractivity contribution in [3.8, 4) is 0 Å². The zero-order chi connectivity index (χ0) is 16.7. The number of anilines is 1. The van der Waals surface area contributed by atoms with E-state index < -0.39 is 0 Å². The second kappa shape index (κ2) is 5.91. The standard InChI is InChI=1S/C20H17ClN2O/c1-13-11-16(21)12-15-6-4-10-23(19(13)15)20(24)18-9-8-14-5-2-3-7-17(14)22-18/h2-3,5,7-9,11-12H,4,6,10H2,1H3. The van der Waals surface area contributed by atoms with Gasteiger partial charge in [0, 0.05) is 17.0 Å². The minimum Gasteiger partial charge on any atom is -0.306 e. The Bertz CT molecular complexity index is 952. The molecule has 0 saturated carbocycles. The summed E-state index contributed by atoms with van der Waals surface area (Å²) in [5.74, 6) is -0.0490. The molecule has 0 spiro atoms. The van der Waals surface area contributed by atoms with E-state index in [0.29, 0.717) is 12.2 Å². The molecule has 1 aliphatic heterocycles. The molecule has 0 N–H and O–H groups in total. The first-order valence-electron chi connectivity index (χ1n) is 8.10. The molecule has 4 rings (SSSR count). The molecule has 0 fully saturated rings. The molecule has 0 radical (unpaired) electrons. The van der Waals surface area contributed by atoms with E-state index in [1.807, 2.05) is 60.4 Å². The molecule has 0 saturated heterocycles. The topological polar surface area (TPSA) is 33.2 Å². The smallest absolute Gasteiger partial charge is 0.276 e. The number of pyridine rings is 1. The summed E-state index contributed by atoms with van der Waals surface area (Å²) in [6, 6.07) is 15.5. The molecule has 120 valence electrons. The minimum absolute atomic E-state index is 0.0490. The van der Waals surface area contributed by atoms with Crippen LogP contribution in [0.25, 0.3) is 10.9 Å². The Labute approximate surface area is 145 Å². The quantitative estimate of drug-likeness (QED) is 0.640. The van der Waals surface area contributed by atoms with Crippen LogP contribution in [-0.2, 0) is 6.42 Å². The molecule has 0 atom stereocenters. The molecule has 0 unspecified atom stereocenters. The van der Waals surface area contributed by atoms with Crippen LogP contribution in [0.5, 0.6) is 0 Å². The van der Waals surface area contributed by atoms with Crippen molar-refractivity contribution >= 4 is 34.1 Å². The van der Waals surface area contributed by atoms with Crippen LogP contribution in [-0.4, -0.2) is 17.4 Å². The lowest BCUT2D eigenvalue weighted by Crippen LogP contribution is -2.36. The highest BCUT2D eigenvalue weighted by Gasteiger charge is 2.26. The van der Waals surface area contributed by atoms with Gasteiger partial charge in [0.05, 0.1) is 11.2 Å². The summed E-state index contributed by atoms with van der Waals surface area (Å²) in [7, 11) is 0. The Morgan fingerprint density at radius 3 is 2.88 bits per heavy atom. The fourth-order valence-electron chi connectivity index (χ4n) is 3.45. The molecule has 2 aromatic carbocycles. The molecule has 24 heavy (non-hydrogen) atoms. The molecule has 4 heteroatoms. The van der Waals surface area contributed by atoms with Crippen molar-refractivity contribution in [3.05, 3.63) is 70.4 Å². The lowest BCUT2D eigenvalue weighted by atomic mass is 9.98. The lowest BCUT2D eigenvalue weighted by molar-refractivity contribution is 0.0980. The average molecular weight is 337 g/mol. The monoisotopic (exact) mass is 336 g/mol. The summed E-state index contributed by atoms with van der Waals surface area (Å²) in [6.07, 6.45) is 1.89. The third-order valence-corrected chi connectivity index (χ3v) is 4.72. The summed E-state index contributed by atoms with van der Waals surface area (Å²) >= 11 is 6.18. The van der Waals surface area contributed by atoms with Crippen LogP contribution >= 0.6 is 11.6 Å². The van der Waals surface area contributed by atoms with E-state index in [0.717, 1.165) is 45.6 Å². The van der Waals surface area contributed by atoms with Crippen molar-refractivity contribution in [2.45, 2.75) is 19.8 Å². The molecule has 3 aromatic rings. The Morgan fingerprint density at radius 2 is 2.00 bits per heavy atom. The van der Waals surface area contributed by atoms with E-state index in [1.54, 1.807) is 0 Å². The van der Waals surface area contributed by atoms with Gasteiger partial charge in [-0.1, -0.05) is 35.9 Å². The zero-order valence-corrected chi connectivity index (χ0v) is 14.2. The summed E-state index contributed by atoms with van der Waals surface area (Å²) in [5.41, 5.74) is 4.49. The van der Waals surface area contributed by atoms with Crippen LogP contribution in [0, 0.1) is 6.92 Å². The summed E-state index contributed by atoms with van der Waals surface area (Å²) in [4.78, 5) is 19.5.